The number of thioether (sulfide) groups is 1. The highest BCUT2D eigenvalue weighted by Gasteiger charge is 2.34. The number of aryl methyl sites for hydroxylation is 1. The third-order valence-corrected chi connectivity index (χ3v) is 5.30. The normalized spacial score (nSPS) is 17.7. The number of furan rings is 1. The Morgan fingerprint density at radius 3 is 2.70 bits per heavy atom. The number of benzene rings is 1. The lowest BCUT2D eigenvalue weighted by Crippen LogP contribution is -2.28. The molecule has 134 valence electrons. The van der Waals surface area contributed by atoms with Gasteiger partial charge in [0.1, 0.15) is 10.8 Å². The van der Waals surface area contributed by atoms with Gasteiger partial charge in [-0.15, -0.1) is 10.2 Å². The molecular weight excluding hydrogens is 380 g/mol. The largest absolute Gasteiger partial charge is 0.465 e. The van der Waals surface area contributed by atoms with Gasteiger partial charge in [0.2, 0.25) is 5.13 Å². The van der Waals surface area contributed by atoms with Crippen LogP contribution in [-0.4, -0.2) is 21.3 Å². The van der Waals surface area contributed by atoms with Crippen LogP contribution in [0.15, 0.2) is 75.2 Å². The summed E-state index contributed by atoms with van der Waals surface area (Å²) in [5.74, 6) is 0.593. The number of amidine groups is 1. The Labute approximate surface area is 163 Å². The second-order valence-corrected chi connectivity index (χ2v) is 7.65. The van der Waals surface area contributed by atoms with Crippen LogP contribution in [0.5, 0.6) is 0 Å². The first-order valence-electron chi connectivity index (χ1n) is 8.09. The van der Waals surface area contributed by atoms with Crippen molar-refractivity contribution in [3.05, 3.63) is 76.6 Å². The lowest BCUT2D eigenvalue weighted by molar-refractivity contribution is -0.113. The van der Waals surface area contributed by atoms with Gasteiger partial charge in [0.05, 0.1) is 16.9 Å². The van der Waals surface area contributed by atoms with E-state index in [2.05, 4.69) is 15.2 Å². The van der Waals surface area contributed by atoms with Gasteiger partial charge in [0.25, 0.3) is 5.91 Å². The van der Waals surface area contributed by atoms with Crippen molar-refractivity contribution in [3.63, 3.8) is 0 Å². The standard InChI is InChI=1S/C19H14N4O2S2/c1-13-21-22-18(26-13)20-19-23(14-7-3-2-4-8-14)17(24)16(27-19)11-5-9-15-10-6-12-25-15/h2-12H,1H3/b9-5+,16-11+,20-19+. The molecule has 2 aromatic heterocycles. The van der Waals surface area contributed by atoms with Gasteiger partial charge in [0, 0.05) is 0 Å². The Balaban J connectivity index is 1.68. The zero-order valence-corrected chi connectivity index (χ0v) is 15.9. The maximum atomic E-state index is 13.0. The number of hydrogen-bond acceptors (Lipinski definition) is 7. The maximum absolute atomic E-state index is 13.0. The van der Waals surface area contributed by atoms with Crippen molar-refractivity contribution < 1.29 is 9.21 Å². The lowest BCUT2D eigenvalue weighted by Gasteiger charge is -2.14. The van der Waals surface area contributed by atoms with Gasteiger partial charge in [-0.25, -0.2) is 0 Å². The number of allylic oxidation sites excluding steroid dienone is 2. The minimum absolute atomic E-state index is 0.129. The number of hydrogen-bond donors (Lipinski definition) is 0. The number of nitrogens with zero attached hydrogens (tertiary/aromatic N) is 4. The van der Waals surface area contributed by atoms with E-state index >= 15 is 0 Å². The van der Waals surface area contributed by atoms with E-state index in [0.717, 1.165) is 16.5 Å². The molecule has 0 radical (unpaired) electrons. The molecule has 4 rings (SSSR count). The van der Waals surface area contributed by atoms with Gasteiger partial charge in [-0.2, -0.15) is 4.99 Å². The molecule has 1 saturated heterocycles. The van der Waals surface area contributed by atoms with Crippen LogP contribution in [-0.2, 0) is 4.79 Å². The third-order valence-electron chi connectivity index (χ3n) is 3.58. The molecular formula is C19H14N4O2S2. The van der Waals surface area contributed by atoms with Crippen LogP contribution in [0.25, 0.3) is 6.08 Å². The highest BCUT2D eigenvalue weighted by molar-refractivity contribution is 8.19. The van der Waals surface area contributed by atoms with Crippen molar-refractivity contribution in [1.82, 2.24) is 10.2 Å². The topological polar surface area (TPSA) is 71.6 Å². The van der Waals surface area contributed by atoms with Gasteiger partial charge in [-0.3, -0.25) is 9.69 Å². The summed E-state index contributed by atoms with van der Waals surface area (Å²) < 4.78 is 5.26. The molecule has 0 saturated carbocycles. The van der Waals surface area contributed by atoms with E-state index < -0.39 is 0 Å². The quantitative estimate of drug-likeness (QED) is 0.594. The van der Waals surface area contributed by atoms with Crippen molar-refractivity contribution in [2.45, 2.75) is 6.92 Å². The molecule has 1 aliphatic rings. The monoisotopic (exact) mass is 394 g/mol. The molecule has 0 bridgehead atoms. The Hall–Kier alpha value is -2.97. The fraction of sp³-hybridized carbons (Fsp3) is 0.0526. The zero-order valence-electron chi connectivity index (χ0n) is 14.3. The Morgan fingerprint density at radius 2 is 2.00 bits per heavy atom. The van der Waals surface area contributed by atoms with Gasteiger partial charge >= 0.3 is 0 Å². The maximum Gasteiger partial charge on any atom is 0.271 e. The average Bonchev–Trinajstić information content (AvgIpc) is 3.39. The molecule has 3 aromatic rings. The van der Waals surface area contributed by atoms with E-state index in [9.17, 15) is 4.79 Å². The number of anilines is 1. The molecule has 8 heteroatoms. The van der Waals surface area contributed by atoms with E-state index in [-0.39, 0.29) is 5.91 Å². The first-order chi connectivity index (χ1) is 13.2. The summed E-state index contributed by atoms with van der Waals surface area (Å²) in [4.78, 5) is 19.7. The molecule has 0 N–H and O–H groups in total. The van der Waals surface area contributed by atoms with Crippen molar-refractivity contribution in [2.24, 2.45) is 4.99 Å². The molecule has 0 atom stereocenters. The fourth-order valence-electron chi connectivity index (χ4n) is 2.40. The summed E-state index contributed by atoms with van der Waals surface area (Å²) in [6.07, 6.45) is 6.96. The molecule has 6 nitrogen and oxygen atoms in total. The molecule has 0 aliphatic carbocycles. The second-order valence-electron chi connectivity index (χ2n) is 5.48. The Bertz CT molecular complexity index is 1040. The number of para-hydroxylation sites is 1. The van der Waals surface area contributed by atoms with Crippen molar-refractivity contribution in [2.75, 3.05) is 4.90 Å². The van der Waals surface area contributed by atoms with E-state index in [1.165, 1.54) is 23.1 Å². The van der Waals surface area contributed by atoms with Gasteiger partial charge in [0.15, 0.2) is 5.17 Å². The average molecular weight is 394 g/mol. The number of carbonyl (C=O) groups excluding carboxylic acids is 1. The number of aromatic nitrogens is 2. The summed E-state index contributed by atoms with van der Waals surface area (Å²) in [5, 5.41) is 9.93. The number of amides is 1. The molecule has 27 heavy (non-hydrogen) atoms. The molecule has 1 aromatic carbocycles. The van der Waals surface area contributed by atoms with E-state index in [0.29, 0.717) is 15.2 Å². The lowest BCUT2D eigenvalue weighted by atomic mass is 10.3. The Kier molecular flexibility index (Phi) is 4.99. The predicted octanol–water partition coefficient (Wildman–Crippen LogP) is 4.80. The summed E-state index contributed by atoms with van der Waals surface area (Å²) in [7, 11) is 0. The Morgan fingerprint density at radius 1 is 1.15 bits per heavy atom. The minimum atomic E-state index is -0.129. The van der Waals surface area contributed by atoms with Gasteiger partial charge < -0.3 is 4.42 Å². The minimum Gasteiger partial charge on any atom is -0.465 e. The van der Waals surface area contributed by atoms with Crippen LogP contribution in [0.2, 0.25) is 0 Å². The van der Waals surface area contributed by atoms with Crippen LogP contribution in [0.3, 0.4) is 0 Å². The van der Waals surface area contributed by atoms with Crippen LogP contribution in [0, 0.1) is 6.92 Å². The predicted molar refractivity (Wildman–Crippen MR) is 109 cm³/mol. The number of carbonyl (C=O) groups is 1. The van der Waals surface area contributed by atoms with Crippen LogP contribution in [0.1, 0.15) is 10.8 Å². The highest BCUT2D eigenvalue weighted by atomic mass is 32.2. The van der Waals surface area contributed by atoms with E-state index in [1.807, 2.05) is 49.4 Å². The van der Waals surface area contributed by atoms with Crippen molar-refractivity contribution in [3.8, 4) is 0 Å². The first kappa shape index (κ1) is 17.4. The summed E-state index contributed by atoms with van der Waals surface area (Å²) in [6.45, 7) is 1.87. The molecule has 0 unspecified atom stereocenters. The smallest absolute Gasteiger partial charge is 0.271 e. The van der Waals surface area contributed by atoms with Crippen LogP contribution >= 0.6 is 23.1 Å². The van der Waals surface area contributed by atoms with Crippen molar-refractivity contribution >= 4 is 51.1 Å². The summed E-state index contributed by atoms with van der Waals surface area (Å²) in [6, 6.07) is 13.1. The second kappa shape index (κ2) is 7.73. The first-order valence-corrected chi connectivity index (χ1v) is 9.72. The van der Waals surface area contributed by atoms with Crippen LogP contribution in [0.4, 0.5) is 10.8 Å². The van der Waals surface area contributed by atoms with Crippen molar-refractivity contribution in [1.29, 1.82) is 0 Å². The molecule has 0 spiro atoms. The van der Waals surface area contributed by atoms with Gasteiger partial charge in [-0.1, -0.05) is 35.6 Å². The van der Waals surface area contributed by atoms with Crippen LogP contribution < -0.4 is 4.90 Å². The molecule has 3 heterocycles. The SMILES string of the molecule is Cc1nnc(/N=C2/S/C(=C/C=C/c3ccco3)C(=O)N2c2ccccc2)s1. The molecule has 1 amide bonds. The third kappa shape index (κ3) is 3.91. The van der Waals surface area contributed by atoms with E-state index in [1.54, 1.807) is 29.4 Å². The number of rotatable bonds is 4. The van der Waals surface area contributed by atoms with E-state index in [4.69, 9.17) is 4.42 Å². The number of aliphatic imine (C=N–C) groups is 1. The summed E-state index contributed by atoms with van der Waals surface area (Å²) in [5.41, 5.74) is 0.758. The zero-order chi connectivity index (χ0) is 18.6. The molecule has 1 fully saturated rings. The fourth-order valence-corrected chi connectivity index (χ4v) is 3.95. The molecule has 1 aliphatic heterocycles. The van der Waals surface area contributed by atoms with Gasteiger partial charge in [-0.05, 0) is 55.1 Å². The highest BCUT2D eigenvalue weighted by Crippen LogP contribution is 2.36. The summed E-state index contributed by atoms with van der Waals surface area (Å²) >= 11 is 2.69.